The van der Waals surface area contributed by atoms with Crippen LogP contribution in [0.3, 0.4) is 0 Å². The van der Waals surface area contributed by atoms with E-state index in [1.165, 1.54) is 62.8 Å². The predicted molar refractivity (Wildman–Crippen MR) is 187 cm³/mol. The second-order valence-electron chi connectivity index (χ2n) is 13.0. The maximum atomic E-state index is 2.65. The van der Waals surface area contributed by atoms with Crippen LogP contribution in [0.1, 0.15) is 61.0 Å². The van der Waals surface area contributed by atoms with Gasteiger partial charge in [-0.15, -0.1) is 0 Å². The minimum atomic E-state index is -2.44. The summed E-state index contributed by atoms with van der Waals surface area (Å²) in [5.74, 6) is 0. The molecule has 0 N–H and O–H groups in total. The molecule has 230 valence electrons. The van der Waals surface area contributed by atoms with Crippen molar-refractivity contribution in [2.24, 2.45) is 0 Å². The van der Waals surface area contributed by atoms with Crippen LogP contribution in [0, 0.1) is 0 Å². The van der Waals surface area contributed by atoms with Gasteiger partial charge in [-0.1, -0.05) is 0 Å². The van der Waals surface area contributed by atoms with Crippen molar-refractivity contribution in [3.05, 3.63) is 154 Å². The first-order valence-corrected chi connectivity index (χ1v) is 28.2. The maximum absolute atomic E-state index is 2.65. The molecule has 2 atom stereocenters. The number of nitrogens with zero attached hydrogens (tertiary/aromatic N) is 1. The normalized spacial score (nSPS) is 17.6. The van der Waals surface area contributed by atoms with E-state index in [0.717, 1.165) is 6.54 Å². The summed E-state index contributed by atoms with van der Waals surface area (Å²) < 4.78 is 1.26. The fourth-order valence-corrected chi connectivity index (χ4v) is 37.9. The summed E-state index contributed by atoms with van der Waals surface area (Å²) in [4.78, 5) is 2.62. The Balaban J connectivity index is 0.00000186. The number of halogens is 2. The van der Waals surface area contributed by atoms with Gasteiger partial charge in [0.25, 0.3) is 0 Å². The molecule has 1 heterocycles. The number of para-hydroxylation sites is 1. The average molecular weight is 823 g/mol. The van der Waals surface area contributed by atoms with Crippen LogP contribution in [0.25, 0.3) is 22.4 Å². The van der Waals surface area contributed by atoms with Gasteiger partial charge in [-0.05, 0) is 0 Å². The van der Waals surface area contributed by atoms with Gasteiger partial charge in [-0.3, -0.25) is 0 Å². The second kappa shape index (κ2) is 13.4. The standard InChI is InChI=1S/C20H15.C19H18N.C2H6Si.2ClH.Hf/c1-14-13-16-8-3-5-11-18(16)20(14)19-12-6-9-15-7-2-4-10-17(15)19;1-14-12-16-7-4-10-19(17(16)13-14)20-11-5-8-15-6-2-3-9-18(15)20;1-3-2;;;/h2-13H,1H3;2-4,6-7,9-10,12-13H,5,8,11H2,1H3;1-2H3;2*1H;/q;;;;;+2/p-2. The number of allylic oxidation sites excluding steroid dienone is 2. The number of fused-ring (bicyclic) bond motifs is 4. The Morgan fingerprint density at radius 3 is 2.17 bits per heavy atom. The molecule has 0 aromatic heterocycles. The van der Waals surface area contributed by atoms with Crippen LogP contribution < -0.4 is 29.7 Å². The van der Waals surface area contributed by atoms with Crippen molar-refractivity contribution in [2.75, 3.05) is 11.4 Å². The predicted octanol–water partition coefficient (Wildman–Crippen LogP) is 4.84. The molecule has 46 heavy (non-hydrogen) atoms. The summed E-state index contributed by atoms with van der Waals surface area (Å²) in [6.07, 6.45) is 4.99. The van der Waals surface area contributed by atoms with Gasteiger partial charge < -0.3 is 24.8 Å². The molecule has 3 aliphatic rings. The zero-order valence-corrected chi connectivity index (χ0v) is 33.1. The largest absolute Gasteiger partial charge is 1.00 e. The van der Waals surface area contributed by atoms with Crippen molar-refractivity contribution >= 4 is 39.3 Å². The molecular weight excluding hydrogens is 784 g/mol. The molecule has 8 rings (SSSR count). The Kier molecular flexibility index (Phi) is 9.70. The Morgan fingerprint density at radius 2 is 1.33 bits per heavy atom. The van der Waals surface area contributed by atoms with E-state index in [2.05, 4.69) is 147 Å². The third-order valence-electron chi connectivity index (χ3n) is 10.3. The van der Waals surface area contributed by atoms with Crippen LogP contribution in [-0.4, -0.2) is 12.0 Å². The molecule has 0 saturated carbocycles. The summed E-state index contributed by atoms with van der Waals surface area (Å²) in [7, 11) is 0. The summed E-state index contributed by atoms with van der Waals surface area (Å²) in [5, 5.41) is 2.71. The molecular formula is C41H39Cl2HfNSi. The Morgan fingerprint density at radius 1 is 0.674 bits per heavy atom. The Hall–Kier alpha value is -2.69. The van der Waals surface area contributed by atoms with Crippen molar-refractivity contribution in [3.8, 4) is 0 Å². The molecule has 0 amide bonds. The van der Waals surface area contributed by atoms with Crippen LogP contribution in [0.4, 0.5) is 11.4 Å². The smallest absolute Gasteiger partial charge is 1.00 e. The molecule has 5 heteroatoms. The summed E-state index contributed by atoms with van der Waals surface area (Å²) in [6.45, 7) is 11.3. The van der Waals surface area contributed by atoms with Crippen LogP contribution in [0.5, 0.6) is 0 Å². The number of benzene rings is 5. The first-order chi connectivity index (χ1) is 21.5. The number of anilines is 2. The molecule has 0 saturated heterocycles. The van der Waals surface area contributed by atoms with Gasteiger partial charge in [0, 0.05) is 0 Å². The molecule has 2 aliphatic carbocycles. The average Bonchev–Trinajstić information content (AvgIpc) is 3.53. The fourth-order valence-electron chi connectivity index (χ4n) is 8.48. The van der Waals surface area contributed by atoms with Crippen molar-refractivity contribution < 1.29 is 44.9 Å². The SMILES string of the molecule is CC1=Cc2c(cccc2N2CCCc3ccccc32)[CH]1[Hf+2]([CH]1C(C)=C(c2cccc3ccccc23)c2ccccc21)=[Si](C)C.[Cl-].[Cl-]. The van der Waals surface area contributed by atoms with E-state index in [0.29, 0.717) is 7.35 Å². The van der Waals surface area contributed by atoms with E-state index < -0.39 is 25.6 Å². The minimum Gasteiger partial charge on any atom is -1.00 e. The van der Waals surface area contributed by atoms with Crippen molar-refractivity contribution in [1.82, 2.24) is 0 Å². The molecule has 0 bridgehead atoms. The minimum absolute atomic E-state index is 0. The van der Waals surface area contributed by atoms with Crippen LogP contribution in [-0.2, 0) is 26.5 Å². The van der Waals surface area contributed by atoms with Crippen molar-refractivity contribution in [2.45, 2.75) is 47.1 Å². The van der Waals surface area contributed by atoms with E-state index >= 15 is 0 Å². The van der Waals surface area contributed by atoms with E-state index in [9.17, 15) is 0 Å². The van der Waals surface area contributed by atoms with E-state index in [1.807, 2.05) is 0 Å². The van der Waals surface area contributed by atoms with Gasteiger partial charge >= 0.3 is 272 Å². The zero-order chi connectivity index (χ0) is 29.9. The Bertz CT molecular complexity index is 2070. The number of hydrogen-bond acceptors (Lipinski definition) is 1. The third kappa shape index (κ3) is 5.32. The van der Waals surface area contributed by atoms with Crippen LogP contribution >= 0.6 is 0 Å². The van der Waals surface area contributed by atoms with E-state index in [-0.39, 0.29) is 24.8 Å². The zero-order valence-electron chi connectivity index (χ0n) is 26.9. The summed E-state index contributed by atoms with van der Waals surface area (Å²) in [6, 6.07) is 41.6. The van der Waals surface area contributed by atoms with Gasteiger partial charge in [0.05, 0.1) is 0 Å². The maximum Gasteiger partial charge on any atom is -1.00 e. The molecule has 0 spiro atoms. The first kappa shape index (κ1) is 33.2. The number of hydrogen-bond donors (Lipinski definition) is 0. The van der Waals surface area contributed by atoms with Gasteiger partial charge in [-0.25, -0.2) is 0 Å². The molecule has 0 radical (unpaired) electrons. The third-order valence-corrected chi connectivity index (χ3v) is 38.5. The van der Waals surface area contributed by atoms with Gasteiger partial charge in [0.15, 0.2) is 0 Å². The summed E-state index contributed by atoms with van der Waals surface area (Å²) in [5.41, 5.74) is 16.2. The quantitative estimate of drug-likeness (QED) is 0.235. The molecule has 5 aromatic rings. The number of aryl methyl sites for hydroxylation is 1. The molecule has 1 nitrogen and oxygen atoms in total. The van der Waals surface area contributed by atoms with Crippen molar-refractivity contribution in [3.63, 3.8) is 0 Å². The van der Waals surface area contributed by atoms with Gasteiger partial charge in [-0.2, -0.15) is 0 Å². The van der Waals surface area contributed by atoms with Gasteiger partial charge in [0.2, 0.25) is 0 Å². The van der Waals surface area contributed by atoms with Crippen LogP contribution in [0.2, 0.25) is 13.1 Å². The van der Waals surface area contributed by atoms with Crippen molar-refractivity contribution in [1.29, 1.82) is 0 Å². The van der Waals surface area contributed by atoms with E-state index in [4.69, 9.17) is 0 Å². The summed E-state index contributed by atoms with van der Waals surface area (Å²) >= 11 is -2.44. The molecule has 2 unspecified atom stereocenters. The topological polar surface area (TPSA) is 3.24 Å². The molecule has 5 aromatic carbocycles. The number of rotatable bonds is 4. The monoisotopic (exact) mass is 823 g/mol. The van der Waals surface area contributed by atoms with Crippen LogP contribution in [0.15, 0.2) is 120 Å². The second-order valence-corrected chi connectivity index (χ2v) is 38.0. The fraction of sp³-hybridized carbons (Fsp3) is 0.220. The first-order valence-electron chi connectivity index (χ1n) is 16.1. The molecule has 0 fully saturated rings. The van der Waals surface area contributed by atoms with Gasteiger partial charge in [0.1, 0.15) is 0 Å². The van der Waals surface area contributed by atoms with E-state index in [1.54, 1.807) is 22.3 Å². The molecule has 1 aliphatic heterocycles. The Labute approximate surface area is 294 Å².